The Morgan fingerprint density at radius 1 is 1.13 bits per heavy atom. The van der Waals surface area contributed by atoms with Crippen LogP contribution in [-0.2, 0) is 10.2 Å². The van der Waals surface area contributed by atoms with E-state index in [1.165, 1.54) is 57.5 Å². The zero-order valence-electron chi connectivity index (χ0n) is 16.4. The van der Waals surface area contributed by atoms with Gasteiger partial charge in [-0.15, -0.1) is 0 Å². The number of nitrogens with one attached hydrogen (secondary N) is 1. The predicted molar refractivity (Wildman–Crippen MR) is 108 cm³/mol. The van der Waals surface area contributed by atoms with Gasteiger partial charge in [-0.2, -0.15) is 22.7 Å². The number of nitrogens with two attached hydrogens (primary N) is 1. The molecule has 0 saturated heterocycles. The summed E-state index contributed by atoms with van der Waals surface area (Å²) in [5, 5.41) is -0.0414. The molecule has 3 N–H and O–H groups in total. The third kappa shape index (κ3) is 4.80. The van der Waals surface area contributed by atoms with Crippen LogP contribution in [0.3, 0.4) is 0 Å². The number of primary amides is 1. The number of urea groups is 1. The number of anilines is 2. The Morgan fingerprint density at radius 3 is 2.17 bits per heavy atom. The number of hydrogen-bond donors (Lipinski definition) is 2. The van der Waals surface area contributed by atoms with Gasteiger partial charge in [-0.1, -0.05) is 17.7 Å². The van der Waals surface area contributed by atoms with Crippen molar-refractivity contribution in [3.05, 3.63) is 34.9 Å². The summed E-state index contributed by atoms with van der Waals surface area (Å²) in [7, 11) is 0.782. The molecule has 14 heteroatoms. The van der Waals surface area contributed by atoms with Crippen LogP contribution in [0.5, 0.6) is 11.8 Å². The summed E-state index contributed by atoms with van der Waals surface area (Å²) in [5.74, 6) is -1.18. The number of hydrogen-bond acceptors (Lipinski definition) is 8. The average Bonchev–Trinajstić information content (AvgIpc) is 2.66. The predicted octanol–water partition coefficient (Wildman–Crippen LogP) is 0.900. The van der Waals surface area contributed by atoms with E-state index >= 15 is 0 Å². The van der Waals surface area contributed by atoms with Gasteiger partial charge in [0.25, 0.3) is 11.9 Å². The first-order valence-electron chi connectivity index (χ1n) is 8.11. The highest BCUT2D eigenvalue weighted by Gasteiger charge is 2.33. The van der Waals surface area contributed by atoms with Crippen molar-refractivity contribution < 1.29 is 27.5 Å². The van der Waals surface area contributed by atoms with Crippen LogP contribution in [0.25, 0.3) is 0 Å². The number of carbonyl (C=O) groups is 2. The fourth-order valence-corrected chi connectivity index (χ4v) is 3.63. The average molecular weight is 459 g/mol. The van der Waals surface area contributed by atoms with Crippen LogP contribution in [0.15, 0.2) is 24.3 Å². The minimum Gasteiger partial charge on any atom is -0.481 e. The second kappa shape index (κ2) is 9.00. The van der Waals surface area contributed by atoms with Gasteiger partial charge < -0.3 is 20.1 Å². The number of halogens is 1. The van der Waals surface area contributed by atoms with Gasteiger partial charge in [0.05, 0.1) is 36.6 Å². The molecule has 0 saturated carbocycles. The van der Waals surface area contributed by atoms with Crippen molar-refractivity contribution in [2.45, 2.75) is 0 Å². The fourth-order valence-electron chi connectivity index (χ4n) is 2.33. The summed E-state index contributed by atoms with van der Waals surface area (Å²) >= 11 is 6.20. The highest BCUT2D eigenvalue weighted by molar-refractivity contribution is 7.91. The number of aromatic nitrogens is 2. The molecule has 2 aromatic rings. The van der Waals surface area contributed by atoms with Crippen LogP contribution in [0.2, 0.25) is 5.02 Å². The molecule has 0 aliphatic rings. The van der Waals surface area contributed by atoms with E-state index in [0.717, 1.165) is 0 Å². The van der Waals surface area contributed by atoms with Crippen molar-refractivity contribution in [1.82, 2.24) is 19.6 Å². The Balaban J connectivity index is 2.89. The Bertz CT molecular complexity index is 1060. The molecule has 0 aliphatic heterocycles. The summed E-state index contributed by atoms with van der Waals surface area (Å²) in [6, 6.07) is 4.05. The first-order valence-corrected chi connectivity index (χ1v) is 9.93. The van der Waals surface area contributed by atoms with Gasteiger partial charge in [0, 0.05) is 14.1 Å². The largest absolute Gasteiger partial charge is 0.481 e. The number of amides is 3. The minimum absolute atomic E-state index is 0.0414. The highest BCUT2D eigenvalue weighted by atomic mass is 35.5. The van der Waals surface area contributed by atoms with Crippen LogP contribution >= 0.6 is 11.6 Å². The quantitative estimate of drug-likeness (QED) is 0.619. The summed E-state index contributed by atoms with van der Waals surface area (Å²) in [6.45, 7) is 0. The van der Waals surface area contributed by atoms with Crippen LogP contribution in [-0.4, -0.2) is 63.5 Å². The zero-order chi connectivity index (χ0) is 22.6. The zero-order valence-corrected chi connectivity index (χ0v) is 18.0. The second-order valence-corrected chi connectivity index (χ2v) is 7.75. The molecule has 1 heterocycles. The molecule has 0 bridgehead atoms. The van der Waals surface area contributed by atoms with Crippen molar-refractivity contribution in [3.8, 4) is 11.8 Å². The van der Waals surface area contributed by atoms with Gasteiger partial charge in [-0.25, -0.2) is 9.52 Å². The molecule has 0 radical (unpaired) electrons. The van der Waals surface area contributed by atoms with Crippen LogP contribution < -0.4 is 24.2 Å². The lowest BCUT2D eigenvalue weighted by Crippen LogP contribution is -2.45. The summed E-state index contributed by atoms with van der Waals surface area (Å²) in [5.41, 5.74) is 4.61. The third-order valence-electron chi connectivity index (χ3n) is 3.57. The molecule has 0 unspecified atom stereocenters. The molecule has 0 spiro atoms. The first kappa shape index (κ1) is 23.0. The molecule has 0 aliphatic carbocycles. The van der Waals surface area contributed by atoms with Crippen LogP contribution in [0.1, 0.15) is 10.4 Å². The van der Waals surface area contributed by atoms with E-state index in [9.17, 15) is 18.0 Å². The lowest BCUT2D eigenvalue weighted by Gasteiger charge is -2.25. The van der Waals surface area contributed by atoms with E-state index in [4.69, 9.17) is 26.8 Å². The molecule has 3 amide bonds. The Labute approximate surface area is 177 Å². The molecule has 0 atom stereocenters. The molecule has 2 rings (SSSR count). The SMILES string of the molecule is COc1cc(OC)nc(N(c2cccc(Cl)c2C(=O)N(C)C)S(=O)(=O)NC(N)=O)n1. The number of methoxy groups -OCH3 is 2. The van der Waals surface area contributed by atoms with E-state index in [0.29, 0.717) is 4.31 Å². The maximum Gasteiger partial charge on any atom is 0.334 e. The van der Waals surface area contributed by atoms with Gasteiger partial charge in [0.15, 0.2) is 0 Å². The topological polar surface area (TPSA) is 157 Å². The lowest BCUT2D eigenvalue weighted by molar-refractivity contribution is 0.0828. The fraction of sp³-hybridized carbons (Fsp3) is 0.250. The number of benzene rings is 1. The van der Waals surface area contributed by atoms with Gasteiger partial charge >= 0.3 is 16.2 Å². The normalized spacial score (nSPS) is 10.8. The molecule has 1 aromatic heterocycles. The van der Waals surface area contributed by atoms with E-state index in [-0.39, 0.29) is 28.0 Å². The standard InChI is InChI=1S/C16H19ClN6O6S/c1-22(2)14(24)13-9(17)6-5-7-10(13)23(30(26,27)21-15(18)25)16-19-11(28-3)8-12(20-16)29-4/h5-8H,1-4H3,(H3,18,21,25). The van der Waals surface area contributed by atoms with Crippen molar-refractivity contribution >= 4 is 45.4 Å². The maximum absolute atomic E-state index is 13.0. The maximum atomic E-state index is 13.0. The van der Waals surface area contributed by atoms with Gasteiger partial charge in [0.2, 0.25) is 11.8 Å². The van der Waals surface area contributed by atoms with Crippen molar-refractivity contribution in [1.29, 1.82) is 0 Å². The number of carbonyl (C=O) groups excluding carboxylic acids is 2. The van der Waals surface area contributed by atoms with Crippen molar-refractivity contribution in [3.63, 3.8) is 0 Å². The molecule has 0 fully saturated rings. The minimum atomic E-state index is -4.73. The van der Waals surface area contributed by atoms with Crippen LogP contribution in [0.4, 0.5) is 16.4 Å². The molecule has 12 nitrogen and oxygen atoms in total. The molecule has 1 aromatic carbocycles. The molecular formula is C16H19ClN6O6S. The lowest BCUT2D eigenvalue weighted by atomic mass is 10.1. The molecule has 30 heavy (non-hydrogen) atoms. The van der Waals surface area contributed by atoms with Gasteiger partial charge in [-0.05, 0) is 12.1 Å². The number of rotatable bonds is 7. The summed E-state index contributed by atoms with van der Waals surface area (Å²) in [4.78, 5) is 33.3. The second-order valence-electron chi connectivity index (χ2n) is 5.82. The number of nitrogens with zero attached hydrogens (tertiary/aromatic N) is 4. The molecule has 162 valence electrons. The first-order chi connectivity index (χ1) is 14.0. The van der Waals surface area contributed by atoms with E-state index in [1.54, 1.807) is 4.72 Å². The van der Waals surface area contributed by atoms with E-state index in [1.807, 2.05) is 0 Å². The Hall–Kier alpha value is -3.32. The van der Waals surface area contributed by atoms with Crippen molar-refractivity contribution in [2.75, 3.05) is 32.6 Å². The monoisotopic (exact) mass is 458 g/mol. The summed E-state index contributed by atoms with van der Waals surface area (Å²) < 4.78 is 38.2. The Morgan fingerprint density at radius 2 is 1.70 bits per heavy atom. The number of ether oxygens (including phenoxy) is 2. The van der Waals surface area contributed by atoms with E-state index < -0.39 is 28.1 Å². The third-order valence-corrected chi connectivity index (χ3v) is 5.18. The van der Waals surface area contributed by atoms with Crippen molar-refractivity contribution in [2.24, 2.45) is 5.73 Å². The molecular weight excluding hydrogens is 440 g/mol. The Kier molecular flexibility index (Phi) is 6.89. The van der Waals surface area contributed by atoms with Gasteiger partial charge in [0.1, 0.15) is 0 Å². The van der Waals surface area contributed by atoms with Gasteiger partial charge in [-0.3, -0.25) is 4.79 Å². The highest BCUT2D eigenvalue weighted by Crippen LogP contribution is 2.35. The van der Waals surface area contributed by atoms with Crippen LogP contribution in [0, 0.1) is 0 Å². The summed E-state index contributed by atoms with van der Waals surface area (Å²) in [6.07, 6.45) is 0. The smallest absolute Gasteiger partial charge is 0.334 e. The van der Waals surface area contributed by atoms with E-state index in [2.05, 4.69) is 9.97 Å².